The Morgan fingerprint density at radius 3 is 1.92 bits per heavy atom. The van der Waals surface area contributed by atoms with Crippen LogP contribution >= 0.6 is 0 Å². The van der Waals surface area contributed by atoms with Crippen LogP contribution < -0.4 is 9.80 Å². The average molecular weight is 647 g/mol. The van der Waals surface area contributed by atoms with E-state index in [0.717, 1.165) is 86.6 Å². The molecule has 0 spiro atoms. The van der Waals surface area contributed by atoms with Gasteiger partial charge in [-0.05, 0) is 134 Å². The van der Waals surface area contributed by atoms with Gasteiger partial charge in [-0.25, -0.2) is 4.85 Å². The summed E-state index contributed by atoms with van der Waals surface area (Å²) in [5.74, 6) is 1.94. The molecule has 0 bridgehead atoms. The Bertz CT molecular complexity index is 2720. The summed E-state index contributed by atoms with van der Waals surface area (Å²) in [6, 6.07) is 26.4. The number of carbonyl (C=O) groups is 1. The second-order valence-electron chi connectivity index (χ2n) is 14.8. The second-order valence-corrected chi connectivity index (χ2v) is 14.8. The van der Waals surface area contributed by atoms with E-state index in [1.807, 2.05) is 0 Å². The van der Waals surface area contributed by atoms with Gasteiger partial charge < -0.3 is 9.80 Å². The lowest BCUT2D eigenvalue weighted by Gasteiger charge is -2.41. The minimum absolute atomic E-state index is 0.0535. The number of carbonyl (C=O) groups excluding carboxylic acids is 1. The second kappa shape index (κ2) is 10.2. The Labute approximate surface area is 290 Å². The van der Waals surface area contributed by atoms with Crippen molar-refractivity contribution < 1.29 is 4.79 Å². The van der Waals surface area contributed by atoms with Gasteiger partial charge >= 0.3 is 0 Å². The minimum atomic E-state index is -0.612. The molecule has 6 aromatic rings. The minimum Gasteiger partial charge on any atom is -0.370 e. The number of Topliss-reactive ketones (excluding diaryl/α,β-unsaturated/α-hetero) is 1. The van der Waals surface area contributed by atoms with Gasteiger partial charge in [0, 0.05) is 53.9 Å². The fourth-order valence-electron chi connectivity index (χ4n) is 10.4. The number of hydrogen-bond acceptors (Lipinski definition) is 4. The molecular weight excluding hydrogens is 613 g/mol. The fraction of sp³-hybridized carbons (Fsp3) is 0.244. The van der Waals surface area contributed by atoms with E-state index in [1.165, 1.54) is 65.9 Å². The van der Waals surface area contributed by atoms with Crippen molar-refractivity contribution in [2.45, 2.75) is 44.4 Å². The summed E-state index contributed by atoms with van der Waals surface area (Å²) in [5.41, 5.74) is 11.3. The van der Waals surface area contributed by atoms with Gasteiger partial charge in [0.1, 0.15) is 0 Å². The largest absolute Gasteiger partial charge is 0.370 e. The van der Waals surface area contributed by atoms with Gasteiger partial charge in [0.15, 0.2) is 5.78 Å². The van der Waals surface area contributed by atoms with E-state index < -0.39 is 5.92 Å². The van der Waals surface area contributed by atoms with E-state index >= 15 is 4.79 Å². The zero-order valence-corrected chi connectivity index (χ0v) is 27.8. The number of nitrogens with zero attached hydrogens (tertiary/aromatic N) is 3. The maximum atomic E-state index is 15.1. The number of fused-ring (bicyclic) bond motifs is 4. The molecule has 4 aliphatic heterocycles. The molecule has 0 aromatic heterocycles. The third kappa shape index (κ3) is 3.57. The summed E-state index contributed by atoms with van der Waals surface area (Å²) in [5, 5.41) is 18.0. The molecule has 0 saturated heterocycles. The van der Waals surface area contributed by atoms with Crippen molar-refractivity contribution in [2.24, 2.45) is 0 Å². The monoisotopic (exact) mass is 646 g/mol. The van der Waals surface area contributed by atoms with Crippen LogP contribution in [0, 0.1) is 12.0 Å². The van der Waals surface area contributed by atoms with E-state index in [2.05, 4.69) is 93.3 Å². The summed E-state index contributed by atoms with van der Waals surface area (Å²) in [7, 11) is 0. The Morgan fingerprint density at radius 1 is 0.720 bits per heavy atom. The Morgan fingerprint density at radius 2 is 1.30 bits per heavy atom. The van der Waals surface area contributed by atoms with Crippen molar-refractivity contribution in [1.29, 1.82) is 5.41 Å². The van der Waals surface area contributed by atoms with Gasteiger partial charge in [0.2, 0.25) is 0 Å². The molecule has 240 valence electrons. The van der Waals surface area contributed by atoms with Crippen LogP contribution in [0.3, 0.4) is 0 Å². The fourth-order valence-corrected chi connectivity index (χ4v) is 10.4. The smallest absolute Gasteiger partial charge is 0.251 e. The average Bonchev–Trinajstić information content (AvgIpc) is 3.16. The number of hydrogen-bond donors (Lipinski definition) is 1. The van der Waals surface area contributed by atoms with Crippen molar-refractivity contribution in [1.82, 2.24) is 0 Å². The Balaban J connectivity index is 1.23. The van der Waals surface area contributed by atoms with E-state index in [0.29, 0.717) is 11.1 Å². The molecule has 1 atom stereocenters. The zero-order valence-electron chi connectivity index (χ0n) is 27.8. The molecule has 4 heterocycles. The quantitative estimate of drug-likeness (QED) is 0.119. The molecule has 0 radical (unpaired) electrons. The van der Waals surface area contributed by atoms with Crippen LogP contribution in [0.2, 0.25) is 0 Å². The molecular formula is C45H34N4O. The molecule has 5 aliphatic rings. The molecule has 1 N–H and O–H groups in total. The molecule has 5 nitrogen and oxygen atoms in total. The maximum absolute atomic E-state index is 15.1. The van der Waals surface area contributed by atoms with Crippen LogP contribution in [-0.2, 0) is 30.5 Å². The third-order valence-electron chi connectivity index (χ3n) is 12.4. The van der Waals surface area contributed by atoms with Crippen molar-refractivity contribution in [3.05, 3.63) is 129 Å². The van der Waals surface area contributed by atoms with Crippen LogP contribution in [0.25, 0.3) is 53.5 Å². The van der Waals surface area contributed by atoms with Gasteiger partial charge in [-0.15, -0.1) is 0 Å². The maximum Gasteiger partial charge on any atom is 0.251 e. The lowest BCUT2D eigenvalue weighted by atomic mass is 9.66. The highest BCUT2D eigenvalue weighted by atomic mass is 16.1. The van der Waals surface area contributed by atoms with Crippen LogP contribution in [0.15, 0.2) is 84.1 Å². The zero-order chi connectivity index (χ0) is 33.2. The number of aryl methyl sites for hydroxylation is 2. The highest BCUT2D eigenvalue weighted by Gasteiger charge is 2.45. The van der Waals surface area contributed by atoms with E-state index in [9.17, 15) is 0 Å². The topological polar surface area (TPSA) is 51.8 Å². The van der Waals surface area contributed by atoms with Crippen molar-refractivity contribution in [3.8, 4) is 0 Å². The summed E-state index contributed by atoms with van der Waals surface area (Å²) >= 11 is 0. The first-order chi connectivity index (χ1) is 24.6. The van der Waals surface area contributed by atoms with E-state index in [-0.39, 0.29) is 11.5 Å². The number of rotatable bonds is 3. The number of allylic oxidation sites excluding steroid dienone is 2. The number of anilines is 2. The number of ketones is 1. The molecule has 11 rings (SSSR count). The molecule has 6 aromatic carbocycles. The van der Waals surface area contributed by atoms with Gasteiger partial charge in [-0.3, -0.25) is 10.2 Å². The highest BCUT2D eigenvalue weighted by molar-refractivity contribution is 6.37. The van der Waals surface area contributed by atoms with E-state index in [1.54, 1.807) is 0 Å². The Kier molecular flexibility index (Phi) is 5.73. The van der Waals surface area contributed by atoms with E-state index in [4.69, 9.17) is 12.0 Å². The van der Waals surface area contributed by atoms with Crippen molar-refractivity contribution >= 4 is 71.7 Å². The standard InChI is InChI=1S/C45H34N4O/c1-47-37(24-46)42-40(35-22-27-10-6-16-48-18-14-31-29-12-4-2-8-25(29)20-33(35)38(31)43(27)48)45(50)41(42)36-23-28-11-7-17-49-19-15-32-30-13-5-3-9-26(30)21-34(36)39(32)44(28)49/h2-5,8-9,12-13,20-23,40,46H,6-7,10-11,14-19H2. The van der Waals surface area contributed by atoms with Crippen LogP contribution in [0.5, 0.6) is 0 Å². The van der Waals surface area contributed by atoms with Crippen molar-refractivity contribution in [2.75, 3.05) is 36.0 Å². The molecule has 0 saturated carbocycles. The molecule has 1 aliphatic carbocycles. The van der Waals surface area contributed by atoms with Crippen LogP contribution in [0.4, 0.5) is 11.4 Å². The summed E-state index contributed by atoms with van der Waals surface area (Å²) in [6.45, 7) is 12.4. The first-order valence-electron chi connectivity index (χ1n) is 18.1. The molecule has 50 heavy (non-hydrogen) atoms. The molecule has 5 heteroatoms. The van der Waals surface area contributed by atoms with Gasteiger partial charge in [-0.1, -0.05) is 54.6 Å². The predicted octanol–water partition coefficient (Wildman–Crippen LogP) is 9.09. The Hall–Kier alpha value is -5.69. The van der Waals surface area contributed by atoms with Gasteiger partial charge in [0.05, 0.1) is 12.5 Å². The third-order valence-corrected chi connectivity index (χ3v) is 12.4. The summed E-state index contributed by atoms with van der Waals surface area (Å²) < 4.78 is 0. The first kappa shape index (κ1) is 28.2. The normalized spacial score (nSPS) is 18.9. The van der Waals surface area contributed by atoms with Gasteiger partial charge in [-0.2, -0.15) is 0 Å². The molecule has 0 fully saturated rings. The van der Waals surface area contributed by atoms with Gasteiger partial charge in [0.25, 0.3) is 5.70 Å². The first-order valence-corrected chi connectivity index (χ1v) is 18.1. The highest BCUT2D eigenvalue weighted by Crippen LogP contribution is 2.55. The van der Waals surface area contributed by atoms with Crippen LogP contribution in [0.1, 0.15) is 52.1 Å². The predicted molar refractivity (Wildman–Crippen MR) is 204 cm³/mol. The van der Waals surface area contributed by atoms with Crippen LogP contribution in [-0.4, -0.2) is 37.8 Å². The lowest BCUT2D eigenvalue weighted by Crippen LogP contribution is -2.36. The molecule has 0 amide bonds. The number of nitrogens with one attached hydrogen (secondary N) is 1. The lowest BCUT2D eigenvalue weighted by molar-refractivity contribution is -0.115. The summed E-state index contributed by atoms with van der Waals surface area (Å²) in [4.78, 5) is 24.1. The summed E-state index contributed by atoms with van der Waals surface area (Å²) in [6.07, 6.45) is 6.08. The molecule has 1 unspecified atom stereocenters. The van der Waals surface area contributed by atoms with Crippen molar-refractivity contribution in [3.63, 3.8) is 0 Å². The number of benzene rings is 6. The SMILES string of the molecule is [C-]#[N+]C(=C=N)C1=C(c2cc3c4c5c(c6ccccc6cc25)CCN4CCC3)C(=O)C1c1cc2c3c4c(c5ccccc5cc14)CCN3CCC2.